The highest BCUT2D eigenvalue weighted by Crippen LogP contribution is 2.24. The Balaban J connectivity index is 1.85. The fourth-order valence-corrected chi connectivity index (χ4v) is 4.19. The lowest BCUT2D eigenvalue weighted by atomic mass is 10.2. The molecule has 0 saturated carbocycles. The normalized spacial score (nSPS) is 19.9. The molecule has 2 aliphatic rings. The second-order valence-electron chi connectivity index (χ2n) is 5.30. The van der Waals surface area contributed by atoms with Gasteiger partial charge in [0.2, 0.25) is 10.0 Å². The van der Waals surface area contributed by atoms with Crippen LogP contribution in [0, 0.1) is 0 Å². The summed E-state index contributed by atoms with van der Waals surface area (Å²) in [6.45, 7) is 1.08. The van der Waals surface area contributed by atoms with Gasteiger partial charge in [-0.05, 0) is 37.1 Å². The summed E-state index contributed by atoms with van der Waals surface area (Å²) in [5, 5.41) is 0. The van der Waals surface area contributed by atoms with Crippen LogP contribution in [0.2, 0.25) is 0 Å². The number of rotatable bonds is 3. The molecule has 22 heavy (non-hydrogen) atoms. The van der Waals surface area contributed by atoms with Crippen LogP contribution >= 0.6 is 0 Å². The van der Waals surface area contributed by atoms with Crippen LogP contribution in [0.1, 0.15) is 19.3 Å². The van der Waals surface area contributed by atoms with Crippen LogP contribution in [0.3, 0.4) is 0 Å². The van der Waals surface area contributed by atoms with E-state index in [1.165, 1.54) is 40.7 Å². The quantitative estimate of drug-likeness (QED) is 0.787. The SMILES string of the molecule is O=C1C=CC(=O)N1c1ccc(S(=O)(=O)N2CCCCC2)cc1. The Bertz CT molecular complexity index is 713. The average molecular weight is 320 g/mol. The molecule has 1 aromatic rings. The second-order valence-corrected chi connectivity index (χ2v) is 7.24. The van der Waals surface area contributed by atoms with Gasteiger partial charge in [-0.3, -0.25) is 9.59 Å². The predicted molar refractivity (Wildman–Crippen MR) is 80.7 cm³/mol. The van der Waals surface area contributed by atoms with Gasteiger partial charge in [0.05, 0.1) is 10.6 Å². The molecule has 1 saturated heterocycles. The van der Waals surface area contributed by atoms with E-state index in [1.807, 2.05) is 0 Å². The molecule has 1 aromatic carbocycles. The smallest absolute Gasteiger partial charge is 0.258 e. The summed E-state index contributed by atoms with van der Waals surface area (Å²) in [6, 6.07) is 5.86. The van der Waals surface area contributed by atoms with Crippen LogP contribution < -0.4 is 4.90 Å². The van der Waals surface area contributed by atoms with E-state index in [-0.39, 0.29) is 4.90 Å². The van der Waals surface area contributed by atoms with Gasteiger partial charge in [-0.1, -0.05) is 6.42 Å². The van der Waals surface area contributed by atoms with Crippen LogP contribution in [0.4, 0.5) is 5.69 Å². The summed E-state index contributed by atoms with van der Waals surface area (Å²) in [5.41, 5.74) is 0.373. The Labute approximate surface area is 129 Å². The third kappa shape index (κ3) is 2.57. The number of nitrogens with zero attached hydrogens (tertiary/aromatic N) is 2. The Hall–Kier alpha value is -1.99. The molecule has 0 radical (unpaired) electrons. The van der Waals surface area contributed by atoms with Crippen molar-refractivity contribution in [2.24, 2.45) is 0 Å². The molecule has 0 bridgehead atoms. The van der Waals surface area contributed by atoms with Crippen molar-refractivity contribution < 1.29 is 18.0 Å². The number of carbonyl (C=O) groups is 2. The Morgan fingerprint density at radius 2 is 1.36 bits per heavy atom. The summed E-state index contributed by atoms with van der Waals surface area (Å²) in [4.78, 5) is 24.4. The summed E-state index contributed by atoms with van der Waals surface area (Å²) in [5.74, 6) is -0.840. The highest BCUT2D eigenvalue weighted by atomic mass is 32.2. The molecular formula is C15H16N2O4S. The molecular weight excluding hydrogens is 304 g/mol. The molecule has 7 heteroatoms. The molecule has 0 aliphatic carbocycles. The van der Waals surface area contributed by atoms with Crippen LogP contribution in [-0.4, -0.2) is 37.6 Å². The van der Waals surface area contributed by atoms with Gasteiger partial charge in [-0.25, -0.2) is 13.3 Å². The van der Waals surface area contributed by atoms with Crippen molar-refractivity contribution in [3.63, 3.8) is 0 Å². The molecule has 2 amide bonds. The second kappa shape index (κ2) is 5.66. The van der Waals surface area contributed by atoms with Gasteiger partial charge in [-0.15, -0.1) is 0 Å². The van der Waals surface area contributed by atoms with Gasteiger partial charge in [0.15, 0.2) is 0 Å². The fraction of sp³-hybridized carbons (Fsp3) is 0.333. The standard InChI is InChI=1S/C15H16N2O4S/c18-14-8-9-15(19)17(14)12-4-6-13(7-5-12)22(20,21)16-10-2-1-3-11-16/h4-9H,1-3,10-11H2. The highest BCUT2D eigenvalue weighted by Gasteiger charge is 2.28. The minimum atomic E-state index is -3.50. The van der Waals surface area contributed by atoms with Crippen molar-refractivity contribution in [3.05, 3.63) is 36.4 Å². The summed E-state index contributed by atoms with van der Waals surface area (Å²) >= 11 is 0. The fourth-order valence-electron chi connectivity index (χ4n) is 2.68. The molecule has 116 valence electrons. The molecule has 3 rings (SSSR count). The molecule has 6 nitrogen and oxygen atoms in total. The van der Waals surface area contributed by atoms with Crippen LogP contribution in [-0.2, 0) is 19.6 Å². The summed E-state index contributed by atoms with van der Waals surface area (Å²) in [7, 11) is -3.50. The van der Waals surface area contributed by atoms with Crippen LogP contribution in [0.15, 0.2) is 41.3 Å². The Morgan fingerprint density at radius 1 is 0.818 bits per heavy atom. The first-order valence-electron chi connectivity index (χ1n) is 7.16. The Morgan fingerprint density at radius 3 is 1.91 bits per heavy atom. The van der Waals surface area contributed by atoms with Crippen LogP contribution in [0.25, 0.3) is 0 Å². The minimum Gasteiger partial charge on any atom is -0.269 e. The minimum absolute atomic E-state index is 0.185. The maximum Gasteiger partial charge on any atom is 0.258 e. The highest BCUT2D eigenvalue weighted by molar-refractivity contribution is 7.89. The predicted octanol–water partition coefficient (Wildman–Crippen LogP) is 1.29. The largest absolute Gasteiger partial charge is 0.269 e. The van der Waals surface area contributed by atoms with Gasteiger partial charge in [-0.2, -0.15) is 4.31 Å². The molecule has 0 N–H and O–H groups in total. The first-order chi connectivity index (χ1) is 10.5. The topological polar surface area (TPSA) is 74.8 Å². The van der Waals surface area contributed by atoms with Gasteiger partial charge in [0, 0.05) is 25.2 Å². The number of sulfonamides is 1. The first kappa shape index (κ1) is 14.9. The number of hydrogen-bond donors (Lipinski definition) is 0. The molecule has 0 atom stereocenters. The zero-order valence-corrected chi connectivity index (χ0v) is 12.8. The molecule has 0 unspecified atom stereocenters. The van der Waals surface area contributed by atoms with Crippen LogP contribution in [0.5, 0.6) is 0 Å². The maximum absolute atomic E-state index is 12.5. The van der Waals surface area contributed by atoms with E-state index in [2.05, 4.69) is 0 Å². The zero-order chi connectivity index (χ0) is 15.7. The van der Waals surface area contributed by atoms with E-state index in [4.69, 9.17) is 0 Å². The van der Waals surface area contributed by atoms with Gasteiger partial charge in [0.1, 0.15) is 0 Å². The molecule has 1 fully saturated rings. The van der Waals surface area contributed by atoms with Gasteiger partial charge < -0.3 is 0 Å². The van der Waals surface area contributed by atoms with E-state index in [0.717, 1.165) is 24.2 Å². The number of amides is 2. The van der Waals surface area contributed by atoms with E-state index < -0.39 is 21.8 Å². The van der Waals surface area contributed by atoms with E-state index in [1.54, 1.807) is 0 Å². The summed E-state index contributed by atoms with van der Waals surface area (Å²) < 4.78 is 26.5. The number of benzene rings is 1. The summed E-state index contributed by atoms with van der Waals surface area (Å²) in [6.07, 6.45) is 5.19. The van der Waals surface area contributed by atoms with E-state index >= 15 is 0 Å². The lowest BCUT2D eigenvalue weighted by Crippen LogP contribution is -2.35. The van der Waals surface area contributed by atoms with E-state index in [9.17, 15) is 18.0 Å². The number of imide groups is 1. The number of hydrogen-bond acceptors (Lipinski definition) is 4. The first-order valence-corrected chi connectivity index (χ1v) is 8.60. The van der Waals surface area contributed by atoms with Crippen molar-refractivity contribution in [1.29, 1.82) is 0 Å². The molecule has 0 spiro atoms. The molecule has 0 aromatic heterocycles. The average Bonchev–Trinajstić information content (AvgIpc) is 2.87. The Kier molecular flexibility index (Phi) is 3.84. The third-order valence-electron chi connectivity index (χ3n) is 3.86. The van der Waals surface area contributed by atoms with Gasteiger partial charge in [0.25, 0.3) is 11.8 Å². The van der Waals surface area contributed by atoms with Crippen molar-refractivity contribution in [3.8, 4) is 0 Å². The number of anilines is 1. The zero-order valence-electron chi connectivity index (χ0n) is 11.9. The monoisotopic (exact) mass is 320 g/mol. The van der Waals surface area contributed by atoms with Crippen molar-refractivity contribution in [2.45, 2.75) is 24.2 Å². The molecule has 2 aliphatic heterocycles. The van der Waals surface area contributed by atoms with Crippen molar-refractivity contribution in [1.82, 2.24) is 4.31 Å². The lowest BCUT2D eigenvalue weighted by molar-refractivity contribution is -0.119. The van der Waals surface area contributed by atoms with Gasteiger partial charge >= 0.3 is 0 Å². The third-order valence-corrected chi connectivity index (χ3v) is 5.77. The maximum atomic E-state index is 12.5. The van der Waals surface area contributed by atoms with Crippen molar-refractivity contribution >= 4 is 27.5 Å². The molecule has 2 heterocycles. The number of carbonyl (C=O) groups excluding carboxylic acids is 2. The number of piperidine rings is 1. The van der Waals surface area contributed by atoms with Crippen molar-refractivity contribution in [2.75, 3.05) is 18.0 Å². The lowest BCUT2D eigenvalue weighted by Gasteiger charge is -2.26. The van der Waals surface area contributed by atoms with E-state index in [0.29, 0.717) is 18.8 Å².